The molecule has 12 rings (SSSR count). The SMILES string of the molecule is c1ccc(-c2nc(-c3ccccc3)nc(-c3ccc(-c4cc5c(-c6ccc7oc8ccccc8c7c6)nc6ccccc6c5c5c4sc4ccccc45)cc3)n2)cc1. The maximum absolute atomic E-state index is 6.24. The van der Waals surface area contributed by atoms with Gasteiger partial charge >= 0.3 is 0 Å². The van der Waals surface area contributed by atoms with Crippen molar-refractivity contribution < 1.29 is 4.42 Å². The number of rotatable bonds is 5. The number of thiophene rings is 1. The Kier molecular flexibility index (Phi) is 7.33. The number of fused-ring (bicyclic) bond motifs is 10. The monoisotopic (exact) mass is 758 g/mol. The second-order valence-electron chi connectivity index (χ2n) is 14.6. The van der Waals surface area contributed by atoms with Crippen molar-refractivity contribution in [3.8, 4) is 56.5 Å². The van der Waals surface area contributed by atoms with Crippen LogP contribution in [0.5, 0.6) is 0 Å². The largest absolute Gasteiger partial charge is 0.456 e. The summed E-state index contributed by atoms with van der Waals surface area (Å²) in [5.74, 6) is 1.91. The van der Waals surface area contributed by atoms with E-state index >= 15 is 0 Å². The van der Waals surface area contributed by atoms with E-state index in [1.165, 1.54) is 25.6 Å². The van der Waals surface area contributed by atoms with Crippen LogP contribution in [0.4, 0.5) is 0 Å². The van der Waals surface area contributed by atoms with Crippen LogP contribution in [0.25, 0.3) is 120 Å². The minimum Gasteiger partial charge on any atom is -0.456 e. The molecule has 270 valence electrons. The van der Waals surface area contributed by atoms with Crippen molar-refractivity contribution in [3.05, 3.63) is 182 Å². The van der Waals surface area contributed by atoms with Crippen LogP contribution in [-0.2, 0) is 0 Å². The van der Waals surface area contributed by atoms with E-state index in [2.05, 4.69) is 109 Å². The molecule has 0 aliphatic carbocycles. The van der Waals surface area contributed by atoms with Gasteiger partial charge in [-0.05, 0) is 48.0 Å². The molecule has 0 aliphatic rings. The van der Waals surface area contributed by atoms with Gasteiger partial charge < -0.3 is 4.42 Å². The lowest BCUT2D eigenvalue weighted by Gasteiger charge is -2.15. The molecule has 0 unspecified atom stereocenters. The smallest absolute Gasteiger partial charge is 0.164 e. The van der Waals surface area contributed by atoms with E-state index in [4.69, 9.17) is 24.4 Å². The van der Waals surface area contributed by atoms with Crippen LogP contribution in [0.1, 0.15) is 0 Å². The number of nitrogens with zero attached hydrogens (tertiary/aromatic N) is 4. The van der Waals surface area contributed by atoms with Crippen molar-refractivity contribution in [2.75, 3.05) is 0 Å². The summed E-state index contributed by atoms with van der Waals surface area (Å²) in [4.78, 5) is 20.3. The van der Waals surface area contributed by atoms with E-state index in [-0.39, 0.29) is 0 Å². The van der Waals surface area contributed by atoms with Gasteiger partial charge in [0.05, 0.1) is 11.2 Å². The van der Waals surface area contributed by atoms with Crippen molar-refractivity contribution in [2.45, 2.75) is 0 Å². The zero-order valence-corrected chi connectivity index (χ0v) is 31.7. The van der Waals surface area contributed by atoms with Crippen molar-refractivity contribution in [1.82, 2.24) is 19.9 Å². The van der Waals surface area contributed by atoms with E-state index in [1.807, 2.05) is 84.1 Å². The average Bonchev–Trinajstić information content (AvgIpc) is 3.88. The third-order valence-corrected chi connectivity index (χ3v) is 12.3. The van der Waals surface area contributed by atoms with Crippen LogP contribution in [-0.4, -0.2) is 19.9 Å². The van der Waals surface area contributed by atoms with E-state index in [1.54, 1.807) is 0 Å². The fraction of sp³-hybridized carbons (Fsp3) is 0. The summed E-state index contributed by atoms with van der Waals surface area (Å²) in [7, 11) is 0. The highest BCUT2D eigenvalue weighted by atomic mass is 32.1. The van der Waals surface area contributed by atoms with Crippen LogP contribution in [0.2, 0.25) is 0 Å². The Morgan fingerprint density at radius 1 is 0.362 bits per heavy atom. The molecule has 4 heterocycles. The summed E-state index contributed by atoms with van der Waals surface area (Å²) < 4.78 is 8.74. The number of hydrogen-bond donors (Lipinski definition) is 0. The van der Waals surface area contributed by atoms with Crippen molar-refractivity contribution >= 4 is 75.1 Å². The Morgan fingerprint density at radius 3 is 1.64 bits per heavy atom. The zero-order valence-electron chi connectivity index (χ0n) is 30.9. The third-order valence-electron chi connectivity index (χ3n) is 11.1. The molecule has 5 nitrogen and oxygen atoms in total. The number of hydrogen-bond acceptors (Lipinski definition) is 6. The van der Waals surface area contributed by atoms with Gasteiger partial charge in [0.15, 0.2) is 17.5 Å². The molecule has 8 aromatic carbocycles. The van der Waals surface area contributed by atoms with Crippen LogP contribution in [0.3, 0.4) is 0 Å². The summed E-state index contributed by atoms with van der Waals surface area (Å²) in [6.45, 7) is 0. The summed E-state index contributed by atoms with van der Waals surface area (Å²) >= 11 is 1.85. The van der Waals surface area contributed by atoms with Gasteiger partial charge in [0.2, 0.25) is 0 Å². The number of furan rings is 1. The Morgan fingerprint density at radius 2 is 0.914 bits per heavy atom. The van der Waals surface area contributed by atoms with Crippen LogP contribution in [0, 0.1) is 0 Å². The summed E-state index contributed by atoms with van der Waals surface area (Å²) in [5.41, 5.74) is 9.80. The first kappa shape index (κ1) is 32.7. The first-order valence-corrected chi connectivity index (χ1v) is 20.1. The Labute approximate surface area is 336 Å². The van der Waals surface area contributed by atoms with Gasteiger partial charge in [-0.1, -0.05) is 140 Å². The van der Waals surface area contributed by atoms with E-state index in [0.29, 0.717) is 17.5 Å². The molecule has 58 heavy (non-hydrogen) atoms. The molecule has 12 aromatic rings. The second kappa shape index (κ2) is 13.0. The van der Waals surface area contributed by atoms with Gasteiger partial charge in [0, 0.05) is 74.9 Å². The molecule has 0 bridgehead atoms. The number of pyridine rings is 1. The van der Waals surface area contributed by atoms with Crippen LogP contribution in [0.15, 0.2) is 186 Å². The molecule has 0 amide bonds. The lowest BCUT2D eigenvalue weighted by Crippen LogP contribution is -2.00. The molecule has 4 aromatic heterocycles. The fourth-order valence-corrected chi connectivity index (χ4v) is 9.62. The van der Waals surface area contributed by atoms with E-state index in [0.717, 1.165) is 77.3 Å². The Bertz CT molecular complexity index is 3500. The molecular weight excluding hydrogens is 729 g/mol. The van der Waals surface area contributed by atoms with Gasteiger partial charge in [-0.2, -0.15) is 0 Å². The number of para-hydroxylation sites is 2. The minimum absolute atomic E-state index is 0.630. The molecule has 0 atom stereocenters. The maximum Gasteiger partial charge on any atom is 0.164 e. The maximum atomic E-state index is 6.24. The van der Waals surface area contributed by atoms with E-state index < -0.39 is 0 Å². The van der Waals surface area contributed by atoms with Gasteiger partial charge in [-0.25, -0.2) is 19.9 Å². The van der Waals surface area contributed by atoms with Gasteiger partial charge in [-0.3, -0.25) is 0 Å². The third kappa shape index (κ3) is 5.23. The van der Waals surface area contributed by atoms with Gasteiger partial charge in [0.25, 0.3) is 0 Å². The van der Waals surface area contributed by atoms with Crippen LogP contribution >= 0.6 is 11.3 Å². The topological polar surface area (TPSA) is 64.7 Å². The quantitative estimate of drug-likeness (QED) is 0.164. The summed E-state index contributed by atoms with van der Waals surface area (Å²) in [6, 6.07) is 63.2. The molecule has 0 fully saturated rings. The first-order valence-electron chi connectivity index (χ1n) is 19.3. The standard InChI is InChI=1S/C52H30N4OS/c1-3-13-32(14-4-1)50-54-51(33-15-5-2-6-16-33)56-52(55-50)34-25-23-31(24-26-34)39-30-41-46(47-38-19-9-12-22-45(38)58-49(39)47)37-18-7-10-20-42(37)53-48(41)35-27-28-44-40(29-35)36-17-8-11-21-43(36)57-44/h1-30H. The number of aromatic nitrogens is 4. The summed E-state index contributed by atoms with van der Waals surface area (Å²) in [5, 5.41) is 8.15. The van der Waals surface area contributed by atoms with Gasteiger partial charge in [0.1, 0.15) is 11.2 Å². The average molecular weight is 759 g/mol. The molecular formula is C52H30N4OS. The molecule has 0 N–H and O–H groups in total. The predicted molar refractivity (Wildman–Crippen MR) is 240 cm³/mol. The minimum atomic E-state index is 0.630. The van der Waals surface area contributed by atoms with Crippen molar-refractivity contribution in [1.29, 1.82) is 0 Å². The number of benzene rings is 8. The predicted octanol–water partition coefficient (Wildman–Crippen LogP) is 14.2. The highest BCUT2D eigenvalue weighted by Crippen LogP contribution is 2.48. The molecule has 0 spiro atoms. The van der Waals surface area contributed by atoms with Crippen LogP contribution < -0.4 is 0 Å². The lowest BCUT2D eigenvalue weighted by atomic mass is 9.91. The summed E-state index contributed by atoms with van der Waals surface area (Å²) in [6.07, 6.45) is 0. The molecule has 0 saturated carbocycles. The first-order chi connectivity index (χ1) is 28.7. The Balaban J connectivity index is 1.09. The zero-order chi connectivity index (χ0) is 38.2. The normalized spacial score (nSPS) is 11.8. The lowest BCUT2D eigenvalue weighted by molar-refractivity contribution is 0.669. The van der Waals surface area contributed by atoms with Gasteiger partial charge in [-0.15, -0.1) is 11.3 Å². The molecule has 0 saturated heterocycles. The van der Waals surface area contributed by atoms with E-state index in [9.17, 15) is 0 Å². The Hall–Kier alpha value is -7.54. The molecule has 0 aliphatic heterocycles. The fourth-order valence-electron chi connectivity index (χ4n) is 8.37. The molecule has 0 radical (unpaired) electrons. The highest BCUT2D eigenvalue weighted by molar-refractivity contribution is 7.26. The highest BCUT2D eigenvalue weighted by Gasteiger charge is 2.21. The van der Waals surface area contributed by atoms with Crippen molar-refractivity contribution in [3.63, 3.8) is 0 Å². The molecule has 6 heteroatoms. The second-order valence-corrected chi connectivity index (χ2v) is 15.6. The van der Waals surface area contributed by atoms with Crippen molar-refractivity contribution in [2.24, 2.45) is 0 Å².